The van der Waals surface area contributed by atoms with Gasteiger partial charge in [0.1, 0.15) is 0 Å². The maximum atomic E-state index is 5.43. The van der Waals surface area contributed by atoms with Crippen LogP contribution in [0, 0.1) is 5.92 Å². The lowest BCUT2D eigenvalue weighted by molar-refractivity contribution is -0.0101. The summed E-state index contributed by atoms with van der Waals surface area (Å²) in [6.45, 7) is 12.8. The van der Waals surface area contributed by atoms with Crippen LogP contribution in [-0.2, 0) is 4.74 Å². The van der Waals surface area contributed by atoms with E-state index >= 15 is 0 Å². The third-order valence-electron chi connectivity index (χ3n) is 4.90. The third-order valence-corrected chi connectivity index (χ3v) is 4.90. The molecule has 2 saturated heterocycles. The standard InChI is InChI=1S/C17H34N2O/c1-3-5-7-17(8-6-4-2)19-14-16(15-19)13-18-9-11-20-12-10-18/h16-17H,3-15H2,1-2H3. The molecular weight excluding hydrogens is 248 g/mol. The van der Waals surface area contributed by atoms with Crippen LogP contribution in [0.1, 0.15) is 52.4 Å². The molecule has 0 aromatic heterocycles. The molecule has 2 aliphatic rings. The van der Waals surface area contributed by atoms with Crippen LogP contribution in [0.2, 0.25) is 0 Å². The quantitative estimate of drug-likeness (QED) is 0.646. The number of rotatable bonds is 9. The molecule has 0 bridgehead atoms. The molecule has 0 spiro atoms. The summed E-state index contributed by atoms with van der Waals surface area (Å²) in [5.41, 5.74) is 0. The van der Waals surface area contributed by atoms with Crippen LogP contribution in [-0.4, -0.2) is 61.8 Å². The first-order valence-corrected chi connectivity index (χ1v) is 8.87. The lowest BCUT2D eigenvalue weighted by Gasteiger charge is -2.46. The van der Waals surface area contributed by atoms with Crippen molar-refractivity contribution < 1.29 is 4.74 Å². The molecule has 2 aliphatic heterocycles. The summed E-state index contributed by atoms with van der Waals surface area (Å²) in [5, 5.41) is 0. The van der Waals surface area contributed by atoms with Crippen LogP contribution in [0.4, 0.5) is 0 Å². The van der Waals surface area contributed by atoms with E-state index in [9.17, 15) is 0 Å². The van der Waals surface area contributed by atoms with Crippen molar-refractivity contribution in [2.24, 2.45) is 5.92 Å². The molecule has 3 nitrogen and oxygen atoms in total. The van der Waals surface area contributed by atoms with Crippen LogP contribution >= 0.6 is 0 Å². The fourth-order valence-electron chi connectivity index (χ4n) is 3.56. The van der Waals surface area contributed by atoms with E-state index in [1.54, 1.807) is 0 Å². The van der Waals surface area contributed by atoms with Crippen molar-refractivity contribution in [3.63, 3.8) is 0 Å². The average Bonchev–Trinajstić information content (AvgIpc) is 2.44. The smallest absolute Gasteiger partial charge is 0.0594 e. The van der Waals surface area contributed by atoms with E-state index in [-0.39, 0.29) is 0 Å². The Hall–Kier alpha value is -0.120. The van der Waals surface area contributed by atoms with Gasteiger partial charge in [-0.2, -0.15) is 0 Å². The van der Waals surface area contributed by atoms with Gasteiger partial charge in [0.05, 0.1) is 13.2 Å². The van der Waals surface area contributed by atoms with E-state index in [1.807, 2.05) is 0 Å². The summed E-state index contributed by atoms with van der Waals surface area (Å²) >= 11 is 0. The fourth-order valence-corrected chi connectivity index (χ4v) is 3.56. The number of morpholine rings is 1. The highest BCUT2D eigenvalue weighted by molar-refractivity contribution is 4.87. The van der Waals surface area contributed by atoms with E-state index in [2.05, 4.69) is 23.6 Å². The second-order valence-corrected chi connectivity index (χ2v) is 6.67. The molecule has 118 valence electrons. The van der Waals surface area contributed by atoms with Gasteiger partial charge in [-0.05, 0) is 18.8 Å². The molecule has 20 heavy (non-hydrogen) atoms. The van der Waals surface area contributed by atoms with Crippen molar-refractivity contribution in [1.29, 1.82) is 0 Å². The number of ether oxygens (including phenoxy) is 1. The minimum absolute atomic E-state index is 0.871. The van der Waals surface area contributed by atoms with Gasteiger partial charge in [0, 0.05) is 38.8 Å². The Labute approximate surface area is 125 Å². The number of likely N-dealkylation sites (tertiary alicyclic amines) is 1. The van der Waals surface area contributed by atoms with E-state index in [0.717, 1.165) is 38.3 Å². The SMILES string of the molecule is CCCCC(CCCC)N1CC(CN2CCOCC2)C1. The number of hydrogen-bond donors (Lipinski definition) is 0. The lowest BCUT2D eigenvalue weighted by Crippen LogP contribution is -2.56. The highest BCUT2D eigenvalue weighted by atomic mass is 16.5. The Morgan fingerprint density at radius 1 is 1.00 bits per heavy atom. The minimum Gasteiger partial charge on any atom is -0.379 e. The van der Waals surface area contributed by atoms with Gasteiger partial charge in [-0.25, -0.2) is 0 Å². The first kappa shape index (κ1) is 16.3. The van der Waals surface area contributed by atoms with Crippen molar-refractivity contribution in [1.82, 2.24) is 9.80 Å². The van der Waals surface area contributed by atoms with E-state index in [1.165, 1.54) is 58.2 Å². The number of nitrogens with zero attached hydrogens (tertiary/aromatic N) is 2. The van der Waals surface area contributed by atoms with Gasteiger partial charge >= 0.3 is 0 Å². The molecule has 0 aromatic rings. The molecule has 0 aliphatic carbocycles. The van der Waals surface area contributed by atoms with Gasteiger partial charge in [-0.15, -0.1) is 0 Å². The van der Waals surface area contributed by atoms with Crippen molar-refractivity contribution in [2.45, 2.75) is 58.4 Å². The summed E-state index contributed by atoms with van der Waals surface area (Å²) in [7, 11) is 0. The van der Waals surface area contributed by atoms with Gasteiger partial charge in [0.15, 0.2) is 0 Å². The molecule has 0 unspecified atom stereocenters. The largest absolute Gasteiger partial charge is 0.379 e. The zero-order valence-electron chi connectivity index (χ0n) is 13.6. The monoisotopic (exact) mass is 282 g/mol. The second kappa shape index (κ2) is 9.01. The lowest BCUT2D eigenvalue weighted by atomic mass is 9.92. The molecule has 0 aromatic carbocycles. The maximum Gasteiger partial charge on any atom is 0.0594 e. The predicted molar refractivity (Wildman–Crippen MR) is 85.2 cm³/mol. The zero-order valence-corrected chi connectivity index (χ0v) is 13.6. The maximum absolute atomic E-state index is 5.43. The van der Waals surface area contributed by atoms with Crippen molar-refractivity contribution in [3.05, 3.63) is 0 Å². The zero-order chi connectivity index (χ0) is 14.2. The Kier molecular flexibility index (Phi) is 7.32. The molecule has 2 fully saturated rings. The van der Waals surface area contributed by atoms with Crippen LogP contribution in [0.3, 0.4) is 0 Å². The molecule has 0 amide bonds. The Morgan fingerprint density at radius 3 is 2.15 bits per heavy atom. The number of hydrogen-bond acceptors (Lipinski definition) is 3. The van der Waals surface area contributed by atoms with Crippen molar-refractivity contribution in [3.8, 4) is 0 Å². The Morgan fingerprint density at radius 2 is 1.60 bits per heavy atom. The van der Waals surface area contributed by atoms with Gasteiger partial charge in [0.25, 0.3) is 0 Å². The van der Waals surface area contributed by atoms with E-state index in [0.29, 0.717) is 0 Å². The van der Waals surface area contributed by atoms with Gasteiger partial charge in [-0.1, -0.05) is 39.5 Å². The van der Waals surface area contributed by atoms with Crippen molar-refractivity contribution in [2.75, 3.05) is 45.9 Å². The number of unbranched alkanes of at least 4 members (excludes halogenated alkanes) is 2. The fraction of sp³-hybridized carbons (Fsp3) is 1.00. The Balaban J connectivity index is 1.65. The van der Waals surface area contributed by atoms with Crippen LogP contribution < -0.4 is 0 Å². The van der Waals surface area contributed by atoms with Gasteiger partial charge < -0.3 is 4.74 Å². The molecular formula is C17H34N2O. The summed E-state index contributed by atoms with van der Waals surface area (Å²) in [4.78, 5) is 5.36. The first-order chi connectivity index (χ1) is 9.83. The highest BCUT2D eigenvalue weighted by Crippen LogP contribution is 2.25. The molecule has 2 heterocycles. The molecule has 0 saturated carbocycles. The van der Waals surface area contributed by atoms with E-state index < -0.39 is 0 Å². The highest BCUT2D eigenvalue weighted by Gasteiger charge is 2.32. The topological polar surface area (TPSA) is 15.7 Å². The molecule has 0 N–H and O–H groups in total. The molecule has 0 atom stereocenters. The van der Waals surface area contributed by atoms with E-state index in [4.69, 9.17) is 4.74 Å². The van der Waals surface area contributed by atoms with Crippen LogP contribution in [0.5, 0.6) is 0 Å². The third kappa shape index (κ3) is 5.01. The first-order valence-electron chi connectivity index (χ1n) is 8.87. The summed E-state index contributed by atoms with van der Waals surface area (Å²) in [5.74, 6) is 0.916. The second-order valence-electron chi connectivity index (χ2n) is 6.67. The van der Waals surface area contributed by atoms with Gasteiger partial charge in [0.2, 0.25) is 0 Å². The minimum atomic E-state index is 0.871. The summed E-state index contributed by atoms with van der Waals surface area (Å²) in [6.07, 6.45) is 8.32. The summed E-state index contributed by atoms with van der Waals surface area (Å²) in [6, 6.07) is 0.871. The molecule has 0 radical (unpaired) electrons. The predicted octanol–water partition coefficient (Wildman–Crippen LogP) is 3.00. The average molecular weight is 282 g/mol. The normalized spacial score (nSPS) is 22.4. The summed E-state index contributed by atoms with van der Waals surface area (Å²) < 4.78 is 5.43. The van der Waals surface area contributed by atoms with Crippen molar-refractivity contribution >= 4 is 0 Å². The van der Waals surface area contributed by atoms with Crippen LogP contribution in [0.25, 0.3) is 0 Å². The molecule has 2 rings (SSSR count). The van der Waals surface area contributed by atoms with Crippen LogP contribution in [0.15, 0.2) is 0 Å². The van der Waals surface area contributed by atoms with Gasteiger partial charge in [-0.3, -0.25) is 9.80 Å². The molecule has 3 heteroatoms. The Bertz CT molecular complexity index is 239.